The van der Waals surface area contributed by atoms with E-state index in [2.05, 4.69) is 0 Å². The lowest BCUT2D eigenvalue weighted by molar-refractivity contribution is -0.145. The molecule has 0 amide bonds. The average Bonchev–Trinajstić information content (AvgIpc) is 2.91. The summed E-state index contributed by atoms with van der Waals surface area (Å²) in [6, 6.07) is 33.2. The van der Waals surface area contributed by atoms with E-state index in [1.54, 1.807) is 36.4 Å². The second-order valence-corrected chi connectivity index (χ2v) is 8.07. The summed E-state index contributed by atoms with van der Waals surface area (Å²) in [4.78, 5) is 11.7. The number of carboxylic acids is 1. The minimum atomic E-state index is -1.01. The summed E-state index contributed by atoms with van der Waals surface area (Å²) in [5.41, 5.74) is 0.827. The predicted molar refractivity (Wildman–Crippen MR) is 137 cm³/mol. The maximum Gasteiger partial charge on any atom is 0.345 e. The molecule has 0 spiro atoms. The third kappa shape index (κ3) is 7.27. The molecule has 0 aromatic heterocycles. The normalized spacial score (nSPS) is 12.2. The average molecular weight is 485 g/mol. The largest absolute Gasteiger partial charge is 0.478 e. The van der Waals surface area contributed by atoms with Crippen molar-refractivity contribution >= 4 is 5.97 Å². The van der Waals surface area contributed by atoms with Crippen LogP contribution >= 0.6 is 0 Å². The van der Waals surface area contributed by atoms with E-state index in [9.17, 15) is 9.90 Å². The third-order valence-electron chi connectivity index (χ3n) is 5.31. The van der Waals surface area contributed by atoms with Crippen molar-refractivity contribution in [3.05, 3.63) is 115 Å². The first-order valence-electron chi connectivity index (χ1n) is 11.8. The summed E-state index contributed by atoms with van der Waals surface area (Å²) in [7, 11) is 0. The lowest BCUT2D eigenvalue weighted by Gasteiger charge is -2.20. The second-order valence-electron chi connectivity index (χ2n) is 8.07. The van der Waals surface area contributed by atoms with Gasteiger partial charge in [0.05, 0.1) is 0 Å². The number of ether oxygens (including phenoxy) is 4. The molecule has 184 valence electrons. The van der Waals surface area contributed by atoms with Crippen molar-refractivity contribution in [3.63, 3.8) is 0 Å². The van der Waals surface area contributed by atoms with Crippen molar-refractivity contribution < 1.29 is 28.8 Å². The quantitative estimate of drug-likeness (QED) is 0.224. The first-order chi connectivity index (χ1) is 17.6. The minimum absolute atomic E-state index is 0.232. The Morgan fingerprint density at radius 1 is 0.639 bits per heavy atom. The molecule has 36 heavy (non-hydrogen) atoms. The molecule has 6 nitrogen and oxygen atoms in total. The van der Waals surface area contributed by atoms with E-state index < -0.39 is 18.4 Å². The van der Waals surface area contributed by atoms with E-state index in [1.807, 2.05) is 79.7 Å². The summed E-state index contributed by atoms with van der Waals surface area (Å²) in [6.45, 7) is 1.98. The van der Waals surface area contributed by atoms with Crippen LogP contribution < -0.4 is 18.9 Å². The molecule has 2 atom stereocenters. The van der Waals surface area contributed by atoms with Crippen LogP contribution in [0.25, 0.3) is 0 Å². The number of aliphatic carboxylic acids is 1. The minimum Gasteiger partial charge on any atom is -0.478 e. The van der Waals surface area contributed by atoms with Crippen molar-refractivity contribution in [2.45, 2.75) is 32.2 Å². The Morgan fingerprint density at radius 2 is 1.08 bits per heavy atom. The molecule has 2 unspecified atom stereocenters. The van der Waals surface area contributed by atoms with Gasteiger partial charge in [-0.2, -0.15) is 0 Å². The molecule has 0 bridgehead atoms. The number of benzene rings is 4. The van der Waals surface area contributed by atoms with Crippen molar-refractivity contribution in [1.82, 2.24) is 0 Å². The van der Waals surface area contributed by atoms with Crippen molar-refractivity contribution in [1.29, 1.82) is 0 Å². The molecule has 0 heterocycles. The number of carbonyl (C=O) groups is 1. The Kier molecular flexibility index (Phi) is 8.44. The molecule has 4 aromatic carbocycles. The van der Waals surface area contributed by atoms with Crippen molar-refractivity contribution in [2.75, 3.05) is 0 Å². The van der Waals surface area contributed by atoms with Gasteiger partial charge in [-0.3, -0.25) is 0 Å². The summed E-state index contributed by atoms with van der Waals surface area (Å²) in [6.07, 6.45) is -0.601. The summed E-state index contributed by atoms with van der Waals surface area (Å²) in [5.74, 6) is 2.29. The highest BCUT2D eigenvalue weighted by Gasteiger charge is 2.20. The van der Waals surface area contributed by atoms with E-state index >= 15 is 0 Å². The fourth-order valence-electron chi connectivity index (χ4n) is 3.47. The van der Waals surface area contributed by atoms with Gasteiger partial charge in [0.25, 0.3) is 0 Å². The zero-order valence-electron chi connectivity index (χ0n) is 19.9. The Morgan fingerprint density at radius 3 is 1.61 bits per heavy atom. The van der Waals surface area contributed by atoms with E-state index in [4.69, 9.17) is 18.9 Å². The number of hydrogen-bond acceptors (Lipinski definition) is 5. The molecule has 1 N–H and O–H groups in total. The fraction of sp³-hybridized carbons (Fsp3) is 0.167. The van der Waals surface area contributed by atoms with Gasteiger partial charge in [0, 0.05) is 12.8 Å². The van der Waals surface area contributed by atoms with E-state index in [-0.39, 0.29) is 6.42 Å². The first kappa shape index (κ1) is 24.7. The van der Waals surface area contributed by atoms with Gasteiger partial charge in [-0.05, 0) is 66.2 Å². The summed E-state index contributed by atoms with van der Waals surface area (Å²) in [5, 5.41) is 9.56. The van der Waals surface area contributed by atoms with Gasteiger partial charge in [0.15, 0.2) is 6.10 Å². The van der Waals surface area contributed by atoms with Gasteiger partial charge in [-0.25, -0.2) is 4.79 Å². The van der Waals surface area contributed by atoms with Gasteiger partial charge in [0.1, 0.15) is 28.7 Å². The maximum absolute atomic E-state index is 11.7. The molecular formula is C30H28O6. The molecule has 0 saturated heterocycles. The molecule has 6 heteroatoms. The third-order valence-corrected chi connectivity index (χ3v) is 5.31. The number of rotatable bonds is 12. The van der Waals surface area contributed by atoms with Crippen LogP contribution in [0.2, 0.25) is 0 Å². The van der Waals surface area contributed by atoms with Crippen LogP contribution in [0.1, 0.15) is 18.9 Å². The van der Waals surface area contributed by atoms with E-state index in [0.717, 1.165) is 11.3 Å². The van der Waals surface area contributed by atoms with Crippen LogP contribution in [0.15, 0.2) is 109 Å². The van der Waals surface area contributed by atoms with E-state index in [1.165, 1.54) is 0 Å². The molecule has 0 radical (unpaired) electrons. The zero-order valence-corrected chi connectivity index (χ0v) is 19.9. The van der Waals surface area contributed by atoms with Crippen LogP contribution in [0.3, 0.4) is 0 Å². The van der Waals surface area contributed by atoms with Crippen LogP contribution in [0.5, 0.6) is 28.7 Å². The monoisotopic (exact) mass is 484 g/mol. The Bertz CT molecular complexity index is 1210. The lowest BCUT2D eigenvalue weighted by Crippen LogP contribution is -2.29. The first-order valence-corrected chi connectivity index (χ1v) is 11.8. The van der Waals surface area contributed by atoms with Crippen LogP contribution in [-0.2, 0) is 11.2 Å². The molecule has 0 saturated carbocycles. The Hall–Kier alpha value is -4.45. The van der Waals surface area contributed by atoms with Gasteiger partial charge in [-0.15, -0.1) is 0 Å². The highest BCUT2D eigenvalue weighted by atomic mass is 16.7. The zero-order chi connectivity index (χ0) is 25.2. The topological polar surface area (TPSA) is 74.2 Å². The molecule has 0 aliphatic rings. The van der Waals surface area contributed by atoms with Gasteiger partial charge in [-0.1, -0.05) is 55.5 Å². The molecule has 4 aromatic rings. The lowest BCUT2D eigenvalue weighted by atomic mass is 10.1. The smallest absolute Gasteiger partial charge is 0.345 e. The molecule has 0 aliphatic carbocycles. The number of carboxylic acid groups (broad SMARTS) is 1. The number of para-hydroxylation sites is 2. The standard InChI is InChI=1S/C30H28O6/c1-2-29(36-27-19-17-25(18-20-27)33-23-9-5-3-6-10-23)35-26-15-13-22(14-16-26)21-28(30(31)32)34-24-11-7-4-8-12-24/h3-20,28-29H,2,21H2,1H3,(H,31,32). The van der Waals surface area contributed by atoms with Crippen LogP contribution in [0, 0.1) is 0 Å². The predicted octanol–water partition coefficient (Wildman–Crippen LogP) is 6.75. The van der Waals surface area contributed by atoms with Gasteiger partial charge >= 0.3 is 5.97 Å². The maximum atomic E-state index is 11.7. The number of hydrogen-bond donors (Lipinski definition) is 1. The van der Waals surface area contributed by atoms with Crippen LogP contribution in [0.4, 0.5) is 0 Å². The molecule has 4 rings (SSSR count). The fourth-order valence-corrected chi connectivity index (χ4v) is 3.47. The molecule has 0 aliphatic heterocycles. The highest BCUT2D eigenvalue weighted by molar-refractivity contribution is 5.73. The Labute approximate surface area is 210 Å². The highest BCUT2D eigenvalue weighted by Crippen LogP contribution is 2.25. The van der Waals surface area contributed by atoms with Gasteiger partial charge in [0.2, 0.25) is 6.29 Å². The SMILES string of the molecule is CCC(Oc1ccc(CC(Oc2ccccc2)C(=O)O)cc1)Oc1ccc(Oc2ccccc2)cc1. The molecular weight excluding hydrogens is 456 g/mol. The van der Waals surface area contributed by atoms with Crippen molar-refractivity contribution in [3.8, 4) is 28.7 Å². The van der Waals surface area contributed by atoms with Crippen molar-refractivity contribution in [2.24, 2.45) is 0 Å². The Balaban J connectivity index is 1.32. The van der Waals surface area contributed by atoms with Gasteiger partial charge < -0.3 is 24.1 Å². The van der Waals surface area contributed by atoms with E-state index in [0.29, 0.717) is 29.4 Å². The molecule has 0 fully saturated rings. The van der Waals surface area contributed by atoms with Crippen LogP contribution in [-0.4, -0.2) is 23.5 Å². The second kappa shape index (κ2) is 12.3. The summed E-state index contributed by atoms with van der Waals surface area (Å²) >= 11 is 0. The summed E-state index contributed by atoms with van der Waals surface area (Å²) < 4.78 is 23.4.